The van der Waals surface area contributed by atoms with Gasteiger partial charge in [0.25, 0.3) is 0 Å². The van der Waals surface area contributed by atoms with Crippen LogP contribution in [0.25, 0.3) is 0 Å². The van der Waals surface area contributed by atoms with Gasteiger partial charge in [-0.15, -0.1) is 0 Å². The highest BCUT2D eigenvalue weighted by Gasteiger charge is 2.40. The number of nitrogens with zero attached hydrogens (tertiary/aromatic N) is 1. The lowest BCUT2D eigenvalue weighted by atomic mass is 9.94. The van der Waals surface area contributed by atoms with Crippen LogP contribution in [0.4, 0.5) is 0 Å². The number of thioether (sulfide) groups is 1. The summed E-state index contributed by atoms with van der Waals surface area (Å²) in [5.74, 6) is 2.79. The fourth-order valence-corrected chi connectivity index (χ4v) is 4.87. The number of morpholine rings is 1. The highest BCUT2D eigenvalue weighted by molar-refractivity contribution is 7.99. The van der Waals surface area contributed by atoms with Crippen LogP contribution in [0.2, 0.25) is 0 Å². The largest absolute Gasteiger partial charge is 0.508 e. The fraction of sp³-hybridized carbons (Fsp3) is 0.647. The molecule has 0 aromatic heterocycles. The van der Waals surface area contributed by atoms with E-state index < -0.39 is 0 Å². The molecule has 2 N–H and O–H groups in total. The molecule has 0 amide bonds. The van der Waals surface area contributed by atoms with Crippen molar-refractivity contribution in [3.63, 3.8) is 0 Å². The maximum atomic E-state index is 9.64. The van der Waals surface area contributed by atoms with Crippen molar-refractivity contribution in [2.45, 2.75) is 24.9 Å². The second-order valence-corrected chi connectivity index (χ2v) is 7.43. The van der Waals surface area contributed by atoms with Gasteiger partial charge in [-0.3, -0.25) is 4.90 Å². The molecule has 0 aliphatic carbocycles. The van der Waals surface area contributed by atoms with Crippen molar-refractivity contribution in [2.24, 2.45) is 0 Å². The first-order valence-corrected chi connectivity index (χ1v) is 9.28. The van der Waals surface area contributed by atoms with E-state index in [9.17, 15) is 5.11 Å². The van der Waals surface area contributed by atoms with E-state index in [2.05, 4.69) is 35.0 Å². The Balaban J connectivity index is 1.64. The van der Waals surface area contributed by atoms with Gasteiger partial charge >= 0.3 is 0 Å². The van der Waals surface area contributed by atoms with Crippen LogP contribution in [0.3, 0.4) is 0 Å². The minimum Gasteiger partial charge on any atom is -0.508 e. The molecule has 2 heterocycles. The summed E-state index contributed by atoms with van der Waals surface area (Å²) in [6.07, 6.45) is 1.25. The van der Waals surface area contributed by atoms with Crippen molar-refractivity contribution in [3.05, 3.63) is 29.8 Å². The van der Waals surface area contributed by atoms with Crippen LogP contribution < -0.4 is 5.32 Å². The van der Waals surface area contributed by atoms with Crippen molar-refractivity contribution >= 4 is 11.8 Å². The molecule has 1 aromatic carbocycles. The molecular weight excluding hydrogens is 296 g/mol. The molecule has 2 saturated heterocycles. The quantitative estimate of drug-likeness (QED) is 0.870. The summed E-state index contributed by atoms with van der Waals surface area (Å²) < 4.78 is 5.52. The van der Waals surface area contributed by atoms with Crippen LogP contribution >= 0.6 is 11.8 Å². The summed E-state index contributed by atoms with van der Waals surface area (Å²) in [5, 5.41) is 13.3. The minimum absolute atomic E-state index is 0.246. The van der Waals surface area contributed by atoms with Gasteiger partial charge in [-0.05, 0) is 36.8 Å². The lowest BCUT2D eigenvalue weighted by molar-refractivity contribution is -0.0139. The van der Waals surface area contributed by atoms with Gasteiger partial charge in [0.1, 0.15) is 5.75 Å². The molecule has 0 bridgehead atoms. The van der Waals surface area contributed by atoms with Crippen molar-refractivity contribution < 1.29 is 9.84 Å². The van der Waals surface area contributed by atoms with Crippen molar-refractivity contribution in [1.29, 1.82) is 0 Å². The lowest BCUT2D eigenvalue weighted by Crippen LogP contribution is -2.58. The maximum absolute atomic E-state index is 9.64. The smallest absolute Gasteiger partial charge is 0.115 e. The van der Waals surface area contributed by atoms with Gasteiger partial charge < -0.3 is 15.2 Å². The SMILES string of the molecule is C[C@@H](NC[C@]1(N2CCOCC2)CCSC1)c1cccc(O)c1. The van der Waals surface area contributed by atoms with Gasteiger partial charge in [0.05, 0.1) is 13.2 Å². The van der Waals surface area contributed by atoms with Crippen LogP contribution in [0.15, 0.2) is 24.3 Å². The van der Waals surface area contributed by atoms with E-state index in [1.807, 2.05) is 12.1 Å². The summed E-state index contributed by atoms with van der Waals surface area (Å²) in [5.41, 5.74) is 1.40. The number of phenols is 1. The van der Waals surface area contributed by atoms with E-state index in [1.165, 1.54) is 17.9 Å². The molecule has 122 valence electrons. The van der Waals surface area contributed by atoms with E-state index in [1.54, 1.807) is 6.07 Å². The topological polar surface area (TPSA) is 44.7 Å². The van der Waals surface area contributed by atoms with E-state index >= 15 is 0 Å². The molecule has 2 fully saturated rings. The first-order chi connectivity index (χ1) is 10.7. The summed E-state index contributed by atoms with van der Waals surface area (Å²) in [6.45, 7) is 6.97. The normalized spacial score (nSPS) is 27.9. The highest BCUT2D eigenvalue weighted by atomic mass is 32.2. The fourth-order valence-electron chi connectivity index (χ4n) is 3.39. The number of aromatic hydroxyl groups is 1. The maximum Gasteiger partial charge on any atom is 0.115 e. The highest BCUT2D eigenvalue weighted by Crippen LogP contribution is 2.34. The molecule has 0 spiro atoms. The molecule has 0 radical (unpaired) electrons. The average molecular weight is 322 g/mol. The second-order valence-electron chi connectivity index (χ2n) is 6.32. The van der Waals surface area contributed by atoms with Crippen LogP contribution in [-0.4, -0.2) is 59.9 Å². The molecule has 0 unspecified atom stereocenters. The van der Waals surface area contributed by atoms with Gasteiger partial charge in [0.15, 0.2) is 0 Å². The second kappa shape index (κ2) is 7.21. The number of nitrogens with one attached hydrogen (secondary N) is 1. The predicted molar refractivity (Wildman–Crippen MR) is 91.6 cm³/mol. The number of hydrogen-bond donors (Lipinski definition) is 2. The first kappa shape index (κ1) is 16.1. The molecule has 2 atom stereocenters. The van der Waals surface area contributed by atoms with E-state index in [-0.39, 0.29) is 11.6 Å². The first-order valence-electron chi connectivity index (χ1n) is 8.12. The zero-order valence-electron chi connectivity index (χ0n) is 13.3. The van der Waals surface area contributed by atoms with Crippen LogP contribution in [0, 0.1) is 0 Å². The van der Waals surface area contributed by atoms with E-state index in [0.717, 1.165) is 38.4 Å². The zero-order chi connectivity index (χ0) is 15.4. The number of benzene rings is 1. The number of hydrogen-bond acceptors (Lipinski definition) is 5. The van der Waals surface area contributed by atoms with Crippen LogP contribution in [-0.2, 0) is 4.74 Å². The third-order valence-corrected chi connectivity index (χ3v) is 6.11. The summed E-state index contributed by atoms with van der Waals surface area (Å²) >= 11 is 2.06. The molecule has 2 aliphatic rings. The van der Waals surface area contributed by atoms with Gasteiger partial charge in [0.2, 0.25) is 0 Å². The van der Waals surface area contributed by atoms with Gasteiger partial charge in [-0.2, -0.15) is 11.8 Å². The Morgan fingerprint density at radius 2 is 2.23 bits per heavy atom. The molecule has 2 aliphatic heterocycles. The molecule has 5 heteroatoms. The van der Waals surface area contributed by atoms with E-state index in [0.29, 0.717) is 5.75 Å². The Hall–Kier alpha value is -0.750. The summed E-state index contributed by atoms with van der Waals surface area (Å²) in [6, 6.07) is 7.80. The Morgan fingerprint density at radius 1 is 1.41 bits per heavy atom. The predicted octanol–water partition coefficient (Wildman–Crippen LogP) is 2.25. The average Bonchev–Trinajstić information content (AvgIpc) is 3.04. The van der Waals surface area contributed by atoms with Gasteiger partial charge in [-0.25, -0.2) is 0 Å². The van der Waals surface area contributed by atoms with Gasteiger partial charge in [-0.1, -0.05) is 12.1 Å². The Labute approximate surface area is 137 Å². The third-order valence-electron chi connectivity index (χ3n) is 4.87. The molecule has 1 aromatic rings. The minimum atomic E-state index is 0.246. The van der Waals surface area contributed by atoms with Crippen LogP contribution in [0.5, 0.6) is 5.75 Å². The Kier molecular flexibility index (Phi) is 5.29. The molecule has 0 saturated carbocycles. The summed E-state index contributed by atoms with van der Waals surface area (Å²) in [4.78, 5) is 2.62. The van der Waals surface area contributed by atoms with Crippen molar-refractivity contribution in [3.8, 4) is 5.75 Å². The number of phenolic OH excluding ortho intramolecular Hbond substituents is 1. The molecule has 4 nitrogen and oxygen atoms in total. The third kappa shape index (κ3) is 3.59. The molecule has 22 heavy (non-hydrogen) atoms. The zero-order valence-corrected chi connectivity index (χ0v) is 14.1. The standard InChI is InChI=1S/C17H26N2O2S/c1-14(15-3-2-4-16(20)11-15)18-12-17(5-10-22-13-17)19-6-8-21-9-7-19/h2-4,11,14,18,20H,5-10,12-13H2,1H3/t14-,17-/m1/s1. The Bertz CT molecular complexity index is 485. The Morgan fingerprint density at radius 3 is 2.91 bits per heavy atom. The molecule has 3 rings (SSSR count). The molecular formula is C17H26N2O2S. The van der Waals surface area contributed by atoms with Crippen LogP contribution in [0.1, 0.15) is 24.9 Å². The number of ether oxygens (including phenoxy) is 1. The van der Waals surface area contributed by atoms with E-state index in [4.69, 9.17) is 4.74 Å². The summed E-state index contributed by atoms with van der Waals surface area (Å²) in [7, 11) is 0. The lowest BCUT2D eigenvalue weighted by Gasteiger charge is -2.43. The van der Waals surface area contributed by atoms with Crippen molar-refractivity contribution in [2.75, 3.05) is 44.4 Å². The number of rotatable bonds is 5. The van der Waals surface area contributed by atoms with Crippen molar-refractivity contribution in [1.82, 2.24) is 10.2 Å². The van der Waals surface area contributed by atoms with Gasteiger partial charge in [0, 0.05) is 37.0 Å². The monoisotopic (exact) mass is 322 g/mol.